The third kappa shape index (κ3) is 2.64. The molecule has 0 saturated carbocycles. The second kappa shape index (κ2) is 5.48. The first-order valence-corrected chi connectivity index (χ1v) is 6.76. The van der Waals surface area contributed by atoms with E-state index in [0.29, 0.717) is 12.3 Å². The molecule has 1 aliphatic rings. The second-order valence-electron chi connectivity index (χ2n) is 4.13. The number of piperidine rings is 1. The highest BCUT2D eigenvalue weighted by atomic mass is 79.9. The van der Waals surface area contributed by atoms with Crippen molar-refractivity contribution in [2.75, 3.05) is 18.4 Å². The second-order valence-corrected chi connectivity index (χ2v) is 4.92. The molecule has 0 radical (unpaired) electrons. The number of carbonyl (C=O) groups excluding carboxylic acids is 1. The minimum Gasteiger partial charge on any atom is -0.342 e. The molecule has 2 rings (SSSR count). The Balaban J connectivity index is 1.96. The predicted octanol–water partition coefficient (Wildman–Crippen LogP) is 1.90. The molecule has 2 heterocycles. The molecule has 1 aromatic rings. The maximum absolute atomic E-state index is 11.8. The summed E-state index contributed by atoms with van der Waals surface area (Å²) >= 11 is 3.31. The fraction of sp³-hybridized carbons (Fsp3) is 0.636. The van der Waals surface area contributed by atoms with Crippen LogP contribution in [-0.4, -0.2) is 39.4 Å². The summed E-state index contributed by atoms with van der Waals surface area (Å²) < 4.78 is 0. The quantitative estimate of drug-likeness (QED) is 0.863. The largest absolute Gasteiger partial charge is 0.342 e. The number of carbonyl (C=O) groups is 1. The van der Waals surface area contributed by atoms with Crippen LogP contribution in [0, 0.1) is 0 Å². The minimum absolute atomic E-state index is 0.251. The van der Waals surface area contributed by atoms with Gasteiger partial charge in [0, 0.05) is 42.6 Å². The van der Waals surface area contributed by atoms with E-state index >= 15 is 0 Å². The van der Waals surface area contributed by atoms with Gasteiger partial charge in [-0.1, -0.05) is 15.9 Å². The normalized spacial score (nSPS) is 21.1. The topological polar surface area (TPSA) is 49.0 Å². The molecule has 1 saturated heterocycles. The van der Waals surface area contributed by atoms with E-state index in [1.165, 1.54) is 0 Å². The van der Waals surface area contributed by atoms with Gasteiger partial charge in [-0.3, -0.25) is 9.89 Å². The van der Waals surface area contributed by atoms with Gasteiger partial charge in [-0.15, -0.1) is 0 Å². The van der Waals surface area contributed by atoms with Crippen LogP contribution in [0.1, 0.15) is 30.9 Å². The summed E-state index contributed by atoms with van der Waals surface area (Å²) in [5, 5.41) is 7.72. The van der Waals surface area contributed by atoms with E-state index in [9.17, 15) is 4.79 Å². The van der Waals surface area contributed by atoms with E-state index in [1.807, 2.05) is 11.0 Å². The lowest BCUT2D eigenvalue weighted by atomic mass is 9.95. The fourth-order valence-corrected chi connectivity index (χ4v) is 2.53. The zero-order valence-electron chi connectivity index (χ0n) is 9.16. The summed E-state index contributed by atoms with van der Waals surface area (Å²) in [5.41, 5.74) is 1.15. The van der Waals surface area contributed by atoms with Gasteiger partial charge in [0.1, 0.15) is 0 Å². The lowest BCUT2D eigenvalue weighted by Crippen LogP contribution is -2.39. The van der Waals surface area contributed by atoms with E-state index in [0.717, 1.165) is 37.0 Å². The van der Waals surface area contributed by atoms with Crippen LogP contribution < -0.4 is 0 Å². The van der Waals surface area contributed by atoms with Crippen molar-refractivity contribution >= 4 is 21.8 Å². The third-order valence-electron chi connectivity index (χ3n) is 3.04. The number of nitrogens with zero attached hydrogens (tertiary/aromatic N) is 2. The van der Waals surface area contributed by atoms with Crippen molar-refractivity contribution in [1.82, 2.24) is 15.1 Å². The van der Waals surface area contributed by atoms with Crippen LogP contribution in [0.5, 0.6) is 0 Å². The molecule has 1 fully saturated rings. The molecule has 4 nitrogen and oxygen atoms in total. The maximum atomic E-state index is 11.8. The van der Waals surface area contributed by atoms with Crippen LogP contribution in [0.3, 0.4) is 0 Å². The molecule has 1 aromatic heterocycles. The first kappa shape index (κ1) is 11.6. The molecule has 0 bridgehead atoms. The highest BCUT2D eigenvalue weighted by Crippen LogP contribution is 2.25. The van der Waals surface area contributed by atoms with Crippen molar-refractivity contribution in [2.24, 2.45) is 0 Å². The Morgan fingerprint density at radius 1 is 1.69 bits per heavy atom. The van der Waals surface area contributed by atoms with E-state index < -0.39 is 0 Å². The van der Waals surface area contributed by atoms with Gasteiger partial charge in [-0.05, 0) is 18.9 Å². The van der Waals surface area contributed by atoms with Gasteiger partial charge in [0.25, 0.3) is 0 Å². The zero-order valence-corrected chi connectivity index (χ0v) is 10.7. The van der Waals surface area contributed by atoms with Crippen LogP contribution in [0.25, 0.3) is 0 Å². The summed E-state index contributed by atoms with van der Waals surface area (Å²) in [6.07, 6.45) is 4.59. The molecule has 88 valence electrons. The van der Waals surface area contributed by atoms with Gasteiger partial charge in [-0.2, -0.15) is 5.10 Å². The Bertz CT molecular complexity index is 339. The number of aromatic amines is 1. The molecule has 1 aliphatic heterocycles. The monoisotopic (exact) mass is 285 g/mol. The van der Waals surface area contributed by atoms with Gasteiger partial charge in [0.2, 0.25) is 5.91 Å². The van der Waals surface area contributed by atoms with Crippen LogP contribution >= 0.6 is 15.9 Å². The molecular weight excluding hydrogens is 270 g/mol. The van der Waals surface area contributed by atoms with Crippen molar-refractivity contribution < 1.29 is 4.79 Å². The summed E-state index contributed by atoms with van der Waals surface area (Å²) in [6, 6.07) is 2.00. The average molecular weight is 286 g/mol. The molecule has 1 amide bonds. The molecular formula is C11H16BrN3O. The predicted molar refractivity (Wildman–Crippen MR) is 65.6 cm³/mol. The Morgan fingerprint density at radius 2 is 2.56 bits per heavy atom. The summed E-state index contributed by atoms with van der Waals surface area (Å²) in [6.45, 7) is 1.73. The SMILES string of the molecule is O=C(CCBr)N1CCCC(c2ccn[nH]2)C1. The van der Waals surface area contributed by atoms with Gasteiger partial charge in [0.15, 0.2) is 0 Å². The lowest BCUT2D eigenvalue weighted by Gasteiger charge is -2.32. The summed E-state index contributed by atoms with van der Waals surface area (Å²) in [7, 11) is 0. The fourth-order valence-electron chi connectivity index (χ4n) is 2.19. The number of H-pyrrole nitrogens is 1. The number of alkyl halides is 1. The highest BCUT2D eigenvalue weighted by molar-refractivity contribution is 9.09. The summed E-state index contributed by atoms with van der Waals surface area (Å²) in [5.74, 6) is 0.677. The van der Waals surface area contributed by atoms with E-state index in [1.54, 1.807) is 6.20 Å². The molecule has 0 spiro atoms. The molecule has 0 aliphatic carbocycles. The van der Waals surface area contributed by atoms with Gasteiger partial charge in [-0.25, -0.2) is 0 Å². The standard InChI is InChI=1S/C11H16BrN3O/c12-5-3-11(16)15-7-1-2-9(8-15)10-4-6-13-14-10/h4,6,9H,1-3,5,7-8H2,(H,13,14). The average Bonchev–Trinajstić information content (AvgIpc) is 2.83. The number of hydrogen-bond donors (Lipinski definition) is 1. The van der Waals surface area contributed by atoms with Crippen molar-refractivity contribution in [3.05, 3.63) is 18.0 Å². The number of hydrogen-bond acceptors (Lipinski definition) is 2. The number of aromatic nitrogens is 2. The molecule has 1 unspecified atom stereocenters. The Labute approximate surface area is 104 Å². The number of rotatable bonds is 3. The molecule has 0 aromatic carbocycles. The molecule has 16 heavy (non-hydrogen) atoms. The lowest BCUT2D eigenvalue weighted by molar-refractivity contribution is -0.131. The van der Waals surface area contributed by atoms with Gasteiger partial charge < -0.3 is 4.90 Å². The van der Waals surface area contributed by atoms with Crippen molar-refractivity contribution in [1.29, 1.82) is 0 Å². The Kier molecular flexibility index (Phi) is 3.98. The minimum atomic E-state index is 0.251. The highest BCUT2D eigenvalue weighted by Gasteiger charge is 2.24. The van der Waals surface area contributed by atoms with Crippen LogP contribution in [0.4, 0.5) is 0 Å². The Hall–Kier alpha value is -0.840. The first-order valence-electron chi connectivity index (χ1n) is 5.64. The summed E-state index contributed by atoms with van der Waals surface area (Å²) in [4.78, 5) is 13.8. The maximum Gasteiger partial charge on any atom is 0.223 e. The van der Waals surface area contributed by atoms with E-state index in [4.69, 9.17) is 0 Å². The Morgan fingerprint density at radius 3 is 3.25 bits per heavy atom. The van der Waals surface area contributed by atoms with Crippen LogP contribution in [0.2, 0.25) is 0 Å². The number of likely N-dealkylation sites (tertiary alicyclic amines) is 1. The molecule has 1 N–H and O–H groups in total. The third-order valence-corrected chi connectivity index (χ3v) is 3.44. The van der Waals surface area contributed by atoms with Crippen LogP contribution in [0.15, 0.2) is 12.3 Å². The molecule has 5 heteroatoms. The van der Waals surface area contributed by atoms with Gasteiger partial charge >= 0.3 is 0 Å². The smallest absolute Gasteiger partial charge is 0.223 e. The number of nitrogens with one attached hydrogen (secondary N) is 1. The first-order chi connectivity index (χ1) is 7.81. The number of amides is 1. The van der Waals surface area contributed by atoms with Crippen molar-refractivity contribution in [3.8, 4) is 0 Å². The van der Waals surface area contributed by atoms with E-state index in [2.05, 4.69) is 26.1 Å². The van der Waals surface area contributed by atoms with Crippen molar-refractivity contribution in [3.63, 3.8) is 0 Å². The zero-order chi connectivity index (χ0) is 11.4. The van der Waals surface area contributed by atoms with Crippen molar-refractivity contribution in [2.45, 2.75) is 25.2 Å². The molecule has 1 atom stereocenters. The van der Waals surface area contributed by atoms with Crippen LogP contribution in [-0.2, 0) is 4.79 Å². The van der Waals surface area contributed by atoms with Gasteiger partial charge in [0.05, 0.1) is 0 Å². The number of halogens is 1. The van der Waals surface area contributed by atoms with E-state index in [-0.39, 0.29) is 5.91 Å².